The Morgan fingerprint density at radius 3 is 2.20 bits per heavy atom. The van der Waals surface area contributed by atoms with Crippen molar-refractivity contribution in [3.8, 4) is 0 Å². The van der Waals surface area contributed by atoms with E-state index in [0.29, 0.717) is 19.5 Å². The number of carbonyl (C=O) groups excluding carboxylic acids is 1. The molecule has 6 heteroatoms. The van der Waals surface area contributed by atoms with Crippen LogP contribution in [0.2, 0.25) is 0 Å². The molecule has 0 saturated carbocycles. The van der Waals surface area contributed by atoms with Crippen molar-refractivity contribution in [2.45, 2.75) is 33.6 Å². The number of carboxylic acids is 1. The lowest BCUT2D eigenvalue weighted by atomic mass is 9.88. The summed E-state index contributed by atoms with van der Waals surface area (Å²) in [5, 5.41) is 11.9. The zero-order valence-corrected chi connectivity index (χ0v) is 13.4. The molecule has 20 heavy (non-hydrogen) atoms. The second-order valence-electron chi connectivity index (χ2n) is 5.61. The van der Waals surface area contributed by atoms with Gasteiger partial charge in [0.05, 0.1) is 5.41 Å². The molecule has 0 aliphatic carbocycles. The van der Waals surface area contributed by atoms with Crippen molar-refractivity contribution in [2.75, 3.05) is 40.3 Å². The molecule has 0 aromatic heterocycles. The topological polar surface area (TPSA) is 72.9 Å². The van der Waals surface area contributed by atoms with E-state index in [1.165, 1.54) is 0 Å². The first-order valence-electron chi connectivity index (χ1n) is 7.17. The molecule has 0 bridgehead atoms. The molecule has 1 atom stereocenters. The van der Waals surface area contributed by atoms with Crippen LogP contribution in [0.3, 0.4) is 0 Å². The van der Waals surface area contributed by atoms with Crippen LogP contribution in [0.25, 0.3) is 0 Å². The van der Waals surface area contributed by atoms with Gasteiger partial charge in [-0.1, -0.05) is 6.92 Å². The molecule has 2 amide bonds. The predicted octanol–water partition coefficient (Wildman–Crippen LogP) is 1.47. The van der Waals surface area contributed by atoms with Gasteiger partial charge in [-0.25, -0.2) is 4.79 Å². The summed E-state index contributed by atoms with van der Waals surface area (Å²) in [6, 6.07) is -0.188. The summed E-state index contributed by atoms with van der Waals surface area (Å²) in [6.45, 7) is 7.76. The van der Waals surface area contributed by atoms with Crippen molar-refractivity contribution in [1.29, 1.82) is 0 Å². The molecule has 6 nitrogen and oxygen atoms in total. The molecule has 0 fully saturated rings. The van der Waals surface area contributed by atoms with Gasteiger partial charge in [0.1, 0.15) is 0 Å². The molecule has 0 aliphatic rings. The lowest BCUT2D eigenvalue weighted by Gasteiger charge is -2.27. The Balaban J connectivity index is 4.31. The van der Waals surface area contributed by atoms with Crippen molar-refractivity contribution in [1.82, 2.24) is 15.1 Å². The van der Waals surface area contributed by atoms with Crippen LogP contribution in [0.4, 0.5) is 4.79 Å². The first-order valence-corrected chi connectivity index (χ1v) is 7.17. The summed E-state index contributed by atoms with van der Waals surface area (Å²) in [4.78, 5) is 27.0. The van der Waals surface area contributed by atoms with Gasteiger partial charge in [-0.05, 0) is 47.3 Å². The minimum absolute atomic E-state index is 0.155. The van der Waals surface area contributed by atoms with E-state index >= 15 is 0 Å². The average Bonchev–Trinajstić information content (AvgIpc) is 2.40. The highest BCUT2D eigenvalue weighted by Gasteiger charge is 2.31. The number of nitrogens with zero attached hydrogens (tertiary/aromatic N) is 2. The molecule has 0 radical (unpaired) electrons. The van der Waals surface area contributed by atoms with Gasteiger partial charge in [-0.3, -0.25) is 4.79 Å². The van der Waals surface area contributed by atoms with E-state index in [-0.39, 0.29) is 12.6 Å². The van der Waals surface area contributed by atoms with Crippen molar-refractivity contribution in [3.63, 3.8) is 0 Å². The molecular formula is C14H29N3O3. The van der Waals surface area contributed by atoms with E-state index in [1.54, 1.807) is 11.8 Å². The third-order valence-corrected chi connectivity index (χ3v) is 3.63. The first-order chi connectivity index (χ1) is 9.26. The Bertz CT molecular complexity index is 321. The van der Waals surface area contributed by atoms with E-state index in [0.717, 1.165) is 13.0 Å². The number of rotatable bonds is 9. The van der Waals surface area contributed by atoms with Crippen LogP contribution < -0.4 is 5.32 Å². The molecule has 0 aliphatic heterocycles. The molecule has 2 N–H and O–H groups in total. The SMILES string of the molecule is CCN(CCCN(C)C)C(=O)NCC(C)(CC)C(=O)O. The Kier molecular flexibility index (Phi) is 8.22. The molecule has 0 spiro atoms. The number of hydrogen-bond acceptors (Lipinski definition) is 3. The molecule has 0 aromatic carbocycles. The van der Waals surface area contributed by atoms with Gasteiger partial charge in [0.25, 0.3) is 0 Å². The van der Waals surface area contributed by atoms with Gasteiger partial charge in [-0.2, -0.15) is 0 Å². The molecule has 118 valence electrons. The Morgan fingerprint density at radius 1 is 1.20 bits per heavy atom. The zero-order chi connectivity index (χ0) is 15.8. The first kappa shape index (κ1) is 18.7. The second-order valence-corrected chi connectivity index (χ2v) is 5.61. The van der Waals surface area contributed by atoms with Crippen LogP contribution in [0, 0.1) is 5.41 Å². The summed E-state index contributed by atoms with van der Waals surface area (Å²) in [6.07, 6.45) is 1.38. The van der Waals surface area contributed by atoms with Crippen molar-refractivity contribution >= 4 is 12.0 Å². The molecular weight excluding hydrogens is 258 g/mol. The van der Waals surface area contributed by atoms with Gasteiger partial charge >= 0.3 is 12.0 Å². The lowest BCUT2D eigenvalue weighted by Crippen LogP contribution is -2.46. The average molecular weight is 287 g/mol. The third-order valence-electron chi connectivity index (χ3n) is 3.63. The largest absolute Gasteiger partial charge is 0.481 e. The molecule has 0 aromatic rings. The highest BCUT2D eigenvalue weighted by Crippen LogP contribution is 2.19. The fourth-order valence-corrected chi connectivity index (χ4v) is 1.72. The molecule has 1 unspecified atom stereocenters. The smallest absolute Gasteiger partial charge is 0.317 e. The fourth-order valence-electron chi connectivity index (χ4n) is 1.72. The molecule has 0 saturated heterocycles. The maximum Gasteiger partial charge on any atom is 0.317 e. The van der Waals surface area contributed by atoms with Crippen molar-refractivity contribution in [2.24, 2.45) is 5.41 Å². The zero-order valence-electron chi connectivity index (χ0n) is 13.4. The van der Waals surface area contributed by atoms with Crippen LogP contribution in [0.1, 0.15) is 33.6 Å². The molecule has 0 heterocycles. The van der Waals surface area contributed by atoms with Gasteiger partial charge in [-0.15, -0.1) is 0 Å². The van der Waals surface area contributed by atoms with Gasteiger partial charge < -0.3 is 20.2 Å². The summed E-state index contributed by atoms with van der Waals surface area (Å²) in [7, 11) is 3.99. The van der Waals surface area contributed by atoms with Crippen molar-refractivity contribution in [3.05, 3.63) is 0 Å². The van der Waals surface area contributed by atoms with E-state index in [9.17, 15) is 14.7 Å². The fraction of sp³-hybridized carbons (Fsp3) is 0.857. The van der Waals surface area contributed by atoms with E-state index in [2.05, 4.69) is 10.2 Å². The number of urea groups is 1. The van der Waals surface area contributed by atoms with Crippen LogP contribution in [-0.4, -0.2) is 67.2 Å². The van der Waals surface area contributed by atoms with Crippen molar-refractivity contribution < 1.29 is 14.7 Å². The highest BCUT2D eigenvalue weighted by atomic mass is 16.4. The summed E-state index contributed by atoms with van der Waals surface area (Å²) < 4.78 is 0. The number of hydrogen-bond donors (Lipinski definition) is 2. The number of carboxylic acid groups (broad SMARTS) is 1. The second kappa shape index (κ2) is 8.79. The Hall–Kier alpha value is -1.30. The van der Waals surface area contributed by atoms with Gasteiger partial charge in [0.2, 0.25) is 0 Å². The van der Waals surface area contributed by atoms with E-state index in [4.69, 9.17) is 0 Å². The maximum absolute atomic E-state index is 12.0. The number of nitrogens with one attached hydrogen (secondary N) is 1. The minimum atomic E-state index is -0.904. The number of amides is 2. The minimum Gasteiger partial charge on any atom is -0.481 e. The maximum atomic E-state index is 12.0. The highest BCUT2D eigenvalue weighted by molar-refractivity contribution is 5.77. The van der Waals surface area contributed by atoms with Crippen LogP contribution in [-0.2, 0) is 4.79 Å². The number of aliphatic carboxylic acids is 1. The van der Waals surface area contributed by atoms with Crippen LogP contribution >= 0.6 is 0 Å². The van der Waals surface area contributed by atoms with E-state index in [1.807, 2.05) is 27.9 Å². The summed E-state index contributed by atoms with van der Waals surface area (Å²) in [5.41, 5.74) is -0.904. The standard InChI is InChI=1S/C14H29N3O3/c1-6-14(3,12(18)19)11-15-13(20)17(7-2)10-8-9-16(4)5/h6-11H2,1-5H3,(H,15,20)(H,18,19). The Morgan fingerprint density at radius 2 is 1.80 bits per heavy atom. The summed E-state index contributed by atoms with van der Waals surface area (Å²) in [5.74, 6) is -0.879. The number of carbonyl (C=O) groups is 2. The predicted molar refractivity (Wildman–Crippen MR) is 79.9 cm³/mol. The van der Waals surface area contributed by atoms with E-state index < -0.39 is 11.4 Å². The van der Waals surface area contributed by atoms with Gasteiger partial charge in [0, 0.05) is 19.6 Å². The normalized spacial score (nSPS) is 13.9. The Labute approximate surface area is 122 Å². The summed E-state index contributed by atoms with van der Waals surface area (Å²) >= 11 is 0. The molecule has 0 rings (SSSR count). The quantitative estimate of drug-likeness (QED) is 0.673. The third kappa shape index (κ3) is 6.23. The van der Waals surface area contributed by atoms with Crippen LogP contribution in [0.15, 0.2) is 0 Å². The monoisotopic (exact) mass is 287 g/mol. The van der Waals surface area contributed by atoms with Crippen LogP contribution in [0.5, 0.6) is 0 Å². The lowest BCUT2D eigenvalue weighted by molar-refractivity contribution is -0.147. The van der Waals surface area contributed by atoms with Gasteiger partial charge in [0.15, 0.2) is 0 Å².